The van der Waals surface area contributed by atoms with Crippen LogP contribution < -0.4 is 15.2 Å². The van der Waals surface area contributed by atoms with E-state index in [2.05, 4.69) is 14.7 Å². The average Bonchev–Trinajstić information content (AvgIpc) is 2.55. The monoisotopic (exact) mass is 422 g/mol. The summed E-state index contributed by atoms with van der Waals surface area (Å²) in [6, 6.07) is 4.22. The van der Waals surface area contributed by atoms with Crippen molar-refractivity contribution in [3.05, 3.63) is 34.4 Å². The molecule has 0 saturated heterocycles. The first-order valence-corrected chi connectivity index (χ1v) is 9.76. The number of nitrogens with one attached hydrogen (secondary N) is 1. The molecular formula is C13H12Cl2N4O4S2. The number of halogens is 2. The van der Waals surface area contributed by atoms with Crippen LogP contribution in [-0.4, -0.2) is 37.2 Å². The fraction of sp³-hybridized carbons (Fsp3) is 0.154. The fourth-order valence-electron chi connectivity index (χ4n) is 1.66. The maximum Gasteiger partial charge on any atom is 0.264 e. The number of nitrogens with zero attached hydrogens (tertiary/aromatic N) is 2. The molecule has 0 spiro atoms. The minimum absolute atomic E-state index is 0.00102. The van der Waals surface area contributed by atoms with Gasteiger partial charge in [-0.1, -0.05) is 41.0 Å². The van der Waals surface area contributed by atoms with Crippen molar-refractivity contribution in [2.24, 2.45) is 5.73 Å². The number of rotatable bonds is 7. The molecule has 0 bridgehead atoms. The van der Waals surface area contributed by atoms with Gasteiger partial charge >= 0.3 is 0 Å². The van der Waals surface area contributed by atoms with Crippen molar-refractivity contribution < 1.29 is 17.9 Å². The van der Waals surface area contributed by atoms with Gasteiger partial charge in [0.1, 0.15) is 9.92 Å². The minimum Gasteiger partial charge on any atom is -0.478 e. The molecule has 0 atom stereocenters. The van der Waals surface area contributed by atoms with E-state index in [0.717, 1.165) is 11.8 Å². The van der Waals surface area contributed by atoms with Crippen molar-refractivity contribution in [3.8, 4) is 5.88 Å². The quantitative estimate of drug-likeness (QED) is 0.654. The predicted molar refractivity (Wildman–Crippen MR) is 95.8 cm³/mol. The number of carbonyl (C=O) groups is 1. The third kappa shape index (κ3) is 4.88. The van der Waals surface area contributed by atoms with Gasteiger partial charge in [0.15, 0.2) is 0 Å². The van der Waals surface area contributed by atoms with Crippen LogP contribution in [0.25, 0.3) is 0 Å². The van der Waals surface area contributed by atoms with Gasteiger partial charge in [-0.3, -0.25) is 9.52 Å². The molecule has 1 amide bonds. The molecule has 8 nitrogen and oxygen atoms in total. The molecule has 0 aliphatic rings. The van der Waals surface area contributed by atoms with Gasteiger partial charge in [-0.15, -0.1) is 0 Å². The van der Waals surface area contributed by atoms with Gasteiger partial charge in [0.2, 0.25) is 11.7 Å². The third-order valence-corrected chi connectivity index (χ3v) is 5.94. The number of nitrogens with two attached hydrogens (primary N) is 1. The number of ether oxygens (including phenoxy) is 1. The summed E-state index contributed by atoms with van der Waals surface area (Å²) in [5.41, 5.74) is 5.06. The van der Waals surface area contributed by atoms with Crippen LogP contribution in [-0.2, 0) is 14.8 Å². The number of methoxy groups -OCH3 is 1. The topological polar surface area (TPSA) is 124 Å². The number of aromatic nitrogens is 2. The van der Waals surface area contributed by atoms with Crippen LogP contribution in [0.4, 0.5) is 5.82 Å². The van der Waals surface area contributed by atoms with Gasteiger partial charge < -0.3 is 10.5 Å². The fourth-order valence-corrected chi connectivity index (χ4v) is 3.99. The van der Waals surface area contributed by atoms with Gasteiger partial charge in [-0.2, -0.15) is 0 Å². The Kier molecular flexibility index (Phi) is 6.33. The Bertz CT molecular complexity index is 909. The predicted octanol–water partition coefficient (Wildman–Crippen LogP) is 2.17. The van der Waals surface area contributed by atoms with Crippen LogP contribution in [0.15, 0.2) is 34.3 Å². The Morgan fingerprint density at radius 2 is 2.12 bits per heavy atom. The lowest BCUT2D eigenvalue weighted by molar-refractivity contribution is -0.115. The van der Waals surface area contributed by atoms with E-state index in [9.17, 15) is 13.2 Å². The van der Waals surface area contributed by atoms with Crippen LogP contribution in [0, 0.1) is 0 Å². The number of benzene rings is 1. The summed E-state index contributed by atoms with van der Waals surface area (Å²) in [5, 5.41) is 0.331. The molecule has 1 aromatic carbocycles. The lowest BCUT2D eigenvalue weighted by atomic mass is 10.4. The summed E-state index contributed by atoms with van der Waals surface area (Å²) in [6.45, 7) is 0. The molecule has 1 heterocycles. The molecule has 25 heavy (non-hydrogen) atoms. The van der Waals surface area contributed by atoms with Crippen LogP contribution >= 0.6 is 35.0 Å². The number of hydrogen-bond acceptors (Lipinski definition) is 7. The largest absolute Gasteiger partial charge is 0.478 e. The SMILES string of the molecule is COc1nc(SCC(N)=O)cnc1NS(=O)(=O)c1cccc(Cl)c1Cl. The molecule has 12 heteroatoms. The Labute approximate surface area is 158 Å². The average molecular weight is 423 g/mol. The molecule has 0 radical (unpaired) electrons. The van der Waals surface area contributed by atoms with Crippen molar-refractivity contribution in [2.75, 3.05) is 17.6 Å². The number of amides is 1. The van der Waals surface area contributed by atoms with E-state index in [-0.39, 0.29) is 32.4 Å². The van der Waals surface area contributed by atoms with E-state index in [0.29, 0.717) is 5.03 Å². The van der Waals surface area contributed by atoms with Crippen molar-refractivity contribution in [1.82, 2.24) is 9.97 Å². The zero-order valence-electron chi connectivity index (χ0n) is 12.7. The highest BCUT2D eigenvalue weighted by Gasteiger charge is 2.22. The zero-order chi connectivity index (χ0) is 18.6. The number of hydrogen-bond donors (Lipinski definition) is 2. The number of thioether (sulfide) groups is 1. The highest BCUT2D eigenvalue weighted by atomic mass is 35.5. The Morgan fingerprint density at radius 3 is 2.76 bits per heavy atom. The molecule has 0 aliphatic carbocycles. The lowest BCUT2D eigenvalue weighted by Crippen LogP contribution is -2.16. The number of carbonyl (C=O) groups excluding carboxylic acids is 1. The van der Waals surface area contributed by atoms with Gasteiger partial charge in [-0.25, -0.2) is 18.4 Å². The Hall–Kier alpha value is -1.75. The van der Waals surface area contributed by atoms with Crippen LogP contribution in [0.1, 0.15) is 0 Å². The maximum absolute atomic E-state index is 12.5. The van der Waals surface area contributed by atoms with Crippen molar-refractivity contribution in [2.45, 2.75) is 9.92 Å². The first-order valence-electron chi connectivity index (χ1n) is 6.53. The molecule has 2 rings (SSSR count). The summed E-state index contributed by atoms with van der Waals surface area (Å²) in [5.74, 6) is -0.731. The first-order chi connectivity index (χ1) is 11.7. The summed E-state index contributed by atoms with van der Waals surface area (Å²) in [4.78, 5) is 18.6. The second-order valence-corrected chi connectivity index (χ2v) is 7.91. The highest BCUT2D eigenvalue weighted by molar-refractivity contribution is 7.99. The number of anilines is 1. The molecule has 1 aromatic heterocycles. The summed E-state index contributed by atoms with van der Waals surface area (Å²) in [6.07, 6.45) is 1.29. The zero-order valence-corrected chi connectivity index (χ0v) is 15.8. The van der Waals surface area contributed by atoms with Crippen molar-refractivity contribution >= 4 is 56.7 Å². The smallest absolute Gasteiger partial charge is 0.264 e. The molecule has 0 aliphatic heterocycles. The minimum atomic E-state index is -4.07. The Balaban J connectivity index is 2.32. The molecule has 3 N–H and O–H groups in total. The van der Waals surface area contributed by atoms with Crippen molar-refractivity contribution in [3.63, 3.8) is 0 Å². The third-order valence-electron chi connectivity index (χ3n) is 2.71. The van der Waals surface area contributed by atoms with Crippen LogP contribution in [0.5, 0.6) is 5.88 Å². The van der Waals surface area contributed by atoms with E-state index >= 15 is 0 Å². The summed E-state index contributed by atoms with van der Waals surface area (Å²) in [7, 11) is -2.77. The molecule has 134 valence electrons. The lowest BCUT2D eigenvalue weighted by Gasteiger charge is -2.12. The first kappa shape index (κ1) is 19.6. The molecule has 0 fully saturated rings. The normalized spacial score (nSPS) is 11.2. The second kappa shape index (κ2) is 8.09. The standard InChI is InChI=1S/C13H12Cl2N4O4S2/c1-23-13-12(17-5-10(18-13)24-6-9(16)20)19-25(21,22)8-4-2-3-7(14)11(8)15/h2-5H,6H2,1H3,(H2,16,20)(H,17,19). The van der Waals surface area contributed by atoms with E-state index < -0.39 is 15.9 Å². The van der Waals surface area contributed by atoms with Crippen molar-refractivity contribution in [1.29, 1.82) is 0 Å². The van der Waals surface area contributed by atoms with E-state index in [1.807, 2.05) is 0 Å². The highest BCUT2D eigenvalue weighted by Crippen LogP contribution is 2.31. The summed E-state index contributed by atoms with van der Waals surface area (Å²) < 4.78 is 32.3. The van der Waals surface area contributed by atoms with Gasteiger partial charge in [0.25, 0.3) is 15.9 Å². The number of primary amides is 1. The Morgan fingerprint density at radius 1 is 1.40 bits per heavy atom. The number of sulfonamides is 1. The second-order valence-electron chi connectivity index (χ2n) is 4.48. The van der Waals surface area contributed by atoms with E-state index in [1.54, 1.807) is 0 Å². The van der Waals surface area contributed by atoms with Gasteiger partial charge in [0.05, 0.1) is 29.1 Å². The van der Waals surface area contributed by atoms with E-state index in [1.165, 1.54) is 31.5 Å². The molecule has 0 unspecified atom stereocenters. The van der Waals surface area contributed by atoms with Crippen LogP contribution in [0.3, 0.4) is 0 Å². The summed E-state index contributed by atoms with van der Waals surface area (Å²) >= 11 is 12.8. The molecular weight excluding hydrogens is 411 g/mol. The molecule has 2 aromatic rings. The van der Waals surface area contributed by atoms with Crippen LogP contribution in [0.2, 0.25) is 10.0 Å². The van der Waals surface area contributed by atoms with Gasteiger partial charge in [-0.05, 0) is 12.1 Å². The van der Waals surface area contributed by atoms with Gasteiger partial charge in [0, 0.05) is 0 Å². The molecule has 0 saturated carbocycles. The maximum atomic E-state index is 12.5. The van der Waals surface area contributed by atoms with E-state index in [4.69, 9.17) is 33.7 Å².